The number of nitrogens with zero attached hydrogens (tertiary/aromatic N) is 5. The SMILES string of the molecule is Cn1cccc1C1=NN(C(=O)CN(CCN2CCOCC2)C(=O)C2CC2)[C@@H](c2ccc(F)cc2)C1. The second-order valence-electron chi connectivity index (χ2n) is 9.55. The van der Waals surface area contributed by atoms with Gasteiger partial charge < -0.3 is 14.2 Å². The smallest absolute Gasteiger partial charge is 0.262 e. The monoisotopic (exact) mass is 481 g/mol. The summed E-state index contributed by atoms with van der Waals surface area (Å²) in [6, 6.07) is 9.79. The molecule has 1 atom stereocenters. The van der Waals surface area contributed by atoms with Gasteiger partial charge in [0.25, 0.3) is 5.91 Å². The Labute approximate surface area is 204 Å². The van der Waals surface area contributed by atoms with Crippen molar-refractivity contribution >= 4 is 17.5 Å². The molecule has 35 heavy (non-hydrogen) atoms. The summed E-state index contributed by atoms with van der Waals surface area (Å²) in [5.74, 6) is -0.464. The largest absolute Gasteiger partial charge is 0.379 e. The van der Waals surface area contributed by atoms with Gasteiger partial charge in [-0.3, -0.25) is 14.5 Å². The number of morpholine rings is 1. The predicted octanol–water partition coefficient (Wildman–Crippen LogP) is 2.41. The molecular weight excluding hydrogens is 449 g/mol. The van der Waals surface area contributed by atoms with E-state index in [0.29, 0.717) is 32.7 Å². The van der Waals surface area contributed by atoms with Crippen LogP contribution in [0.5, 0.6) is 0 Å². The van der Waals surface area contributed by atoms with E-state index >= 15 is 0 Å². The van der Waals surface area contributed by atoms with Crippen LogP contribution in [0.4, 0.5) is 4.39 Å². The zero-order valence-corrected chi connectivity index (χ0v) is 20.1. The topological polar surface area (TPSA) is 70.4 Å². The zero-order chi connectivity index (χ0) is 24.4. The number of hydrazone groups is 1. The Morgan fingerprint density at radius 2 is 1.89 bits per heavy atom. The maximum absolute atomic E-state index is 13.6. The fourth-order valence-electron chi connectivity index (χ4n) is 4.78. The third-order valence-corrected chi connectivity index (χ3v) is 7.01. The minimum Gasteiger partial charge on any atom is -0.379 e. The van der Waals surface area contributed by atoms with Crippen LogP contribution in [0.25, 0.3) is 0 Å². The first kappa shape index (κ1) is 23.7. The number of benzene rings is 1. The normalized spacial score (nSPS) is 20.7. The summed E-state index contributed by atoms with van der Waals surface area (Å²) in [4.78, 5) is 30.6. The molecule has 186 valence electrons. The Bertz CT molecular complexity index is 1090. The minimum absolute atomic E-state index is 0.0126. The van der Waals surface area contributed by atoms with Gasteiger partial charge >= 0.3 is 0 Å². The first-order valence-corrected chi connectivity index (χ1v) is 12.3. The Hall–Kier alpha value is -3.04. The minimum atomic E-state index is -0.342. The van der Waals surface area contributed by atoms with Gasteiger partial charge in [0.05, 0.1) is 30.7 Å². The van der Waals surface area contributed by atoms with Gasteiger partial charge in [-0.15, -0.1) is 0 Å². The molecule has 8 nitrogen and oxygen atoms in total. The second-order valence-corrected chi connectivity index (χ2v) is 9.55. The third kappa shape index (κ3) is 5.46. The number of rotatable bonds is 8. The highest BCUT2D eigenvalue weighted by molar-refractivity contribution is 6.02. The highest BCUT2D eigenvalue weighted by atomic mass is 19.1. The molecule has 3 aliphatic rings. The van der Waals surface area contributed by atoms with Gasteiger partial charge in [0.2, 0.25) is 5.91 Å². The van der Waals surface area contributed by atoms with E-state index in [2.05, 4.69) is 4.90 Å². The summed E-state index contributed by atoms with van der Waals surface area (Å²) in [5.41, 5.74) is 2.56. The van der Waals surface area contributed by atoms with Crippen molar-refractivity contribution < 1.29 is 18.7 Å². The maximum atomic E-state index is 13.6. The Morgan fingerprint density at radius 1 is 1.14 bits per heavy atom. The number of aromatic nitrogens is 1. The molecule has 0 spiro atoms. The van der Waals surface area contributed by atoms with Crippen molar-refractivity contribution in [3.63, 3.8) is 0 Å². The van der Waals surface area contributed by atoms with Crippen molar-refractivity contribution in [3.05, 3.63) is 59.7 Å². The lowest BCUT2D eigenvalue weighted by Crippen LogP contribution is -2.47. The van der Waals surface area contributed by atoms with Gasteiger partial charge in [-0.2, -0.15) is 5.10 Å². The van der Waals surface area contributed by atoms with Crippen molar-refractivity contribution in [1.29, 1.82) is 0 Å². The molecular formula is C26H32FN5O3. The van der Waals surface area contributed by atoms with Gasteiger partial charge in [0, 0.05) is 51.8 Å². The molecule has 0 unspecified atom stereocenters. The molecule has 0 N–H and O–H groups in total. The number of halogens is 1. The van der Waals surface area contributed by atoms with Crippen molar-refractivity contribution in [2.75, 3.05) is 45.9 Å². The zero-order valence-electron chi connectivity index (χ0n) is 20.1. The van der Waals surface area contributed by atoms with E-state index in [-0.39, 0.29) is 36.1 Å². The Kier molecular flexibility index (Phi) is 6.97. The number of amides is 2. The number of hydrogen-bond donors (Lipinski definition) is 0. The molecule has 1 aliphatic carbocycles. The first-order valence-electron chi connectivity index (χ1n) is 12.3. The van der Waals surface area contributed by atoms with Gasteiger partial charge in [-0.05, 0) is 42.7 Å². The van der Waals surface area contributed by atoms with E-state index in [1.54, 1.807) is 17.0 Å². The lowest BCUT2D eigenvalue weighted by Gasteiger charge is -2.31. The summed E-state index contributed by atoms with van der Waals surface area (Å²) in [6.45, 7) is 4.27. The van der Waals surface area contributed by atoms with Crippen LogP contribution in [0, 0.1) is 11.7 Å². The van der Waals surface area contributed by atoms with Crippen LogP contribution in [0.2, 0.25) is 0 Å². The average Bonchev–Trinajstić information content (AvgIpc) is 3.49. The Morgan fingerprint density at radius 3 is 2.54 bits per heavy atom. The molecule has 1 saturated heterocycles. The second kappa shape index (κ2) is 10.3. The molecule has 2 amide bonds. The van der Waals surface area contributed by atoms with Crippen LogP contribution < -0.4 is 0 Å². The molecule has 2 aromatic rings. The number of carbonyl (C=O) groups is 2. The van der Waals surface area contributed by atoms with E-state index in [1.807, 2.05) is 29.9 Å². The average molecular weight is 482 g/mol. The first-order chi connectivity index (χ1) is 17.0. The predicted molar refractivity (Wildman–Crippen MR) is 129 cm³/mol. The molecule has 0 radical (unpaired) electrons. The lowest BCUT2D eigenvalue weighted by molar-refractivity contribution is -0.142. The van der Waals surface area contributed by atoms with Crippen molar-refractivity contribution in [1.82, 2.24) is 19.4 Å². The maximum Gasteiger partial charge on any atom is 0.262 e. The van der Waals surface area contributed by atoms with Gasteiger partial charge in [0.1, 0.15) is 12.4 Å². The summed E-state index contributed by atoms with van der Waals surface area (Å²) in [7, 11) is 1.94. The van der Waals surface area contributed by atoms with Gasteiger partial charge in [-0.25, -0.2) is 9.40 Å². The van der Waals surface area contributed by atoms with Crippen molar-refractivity contribution in [2.24, 2.45) is 18.1 Å². The number of ether oxygens (including phenoxy) is 1. The van der Waals surface area contributed by atoms with Gasteiger partial charge in [0.15, 0.2) is 0 Å². The molecule has 1 saturated carbocycles. The summed E-state index contributed by atoms with van der Waals surface area (Å²) >= 11 is 0. The van der Waals surface area contributed by atoms with E-state index in [0.717, 1.165) is 42.9 Å². The fourth-order valence-corrected chi connectivity index (χ4v) is 4.78. The molecule has 1 aromatic carbocycles. The highest BCUT2D eigenvalue weighted by Gasteiger charge is 2.38. The van der Waals surface area contributed by atoms with Crippen molar-refractivity contribution in [2.45, 2.75) is 25.3 Å². The summed E-state index contributed by atoms with van der Waals surface area (Å²) < 4.78 is 21.0. The molecule has 5 rings (SSSR count). The third-order valence-electron chi connectivity index (χ3n) is 7.01. The lowest BCUT2D eigenvalue weighted by atomic mass is 10.0. The molecule has 1 aromatic heterocycles. The van der Waals surface area contributed by atoms with E-state index in [4.69, 9.17) is 9.84 Å². The van der Waals surface area contributed by atoms with Crippen LogP contribution in [0.1, 0.15) is 36.6 Å². The number of hydrogen-bond acceptors (Lipinski definition) is 5. The summed E-state index contributed by atoms with van der Waals surface area (Å²) in [5, 5.41) is 6.21. The van der Waals surface area contributed by atoms with E-state index in [1.165, 1.54) is 17.1 Å². The molecule has 2 aliphatic heterocycles. The van der Waals surface area contributed by atoms with Gasteiger partial charge in [-0.1, -0.05) is 12.1 Å². The van der Waals surface area contributed by atoms with Crippen LogP contribution in [0.3, 0.4) is 0 Å². The van der Waals surface area contributed by atoms with Crippen LogP contribution in [-0.2, 0) is 21.4 Å². The standard InChI is InChI=1S/C26H32FN5O3/c1-29-10-2-3-23(29)22-17-24(19-6-8-21(27)9-7-19)32(28-22)25(33)18-31(26(34)20-4-5-20)12-11-30-13-15-35-16-14-30/h2-3,6-10,20,24H,4-5,11-18H2,1H3/t24-/m1/s1. The molecule has 9 heteroatoms. The molecule has 2 fully saturated rings. The summed E-state index contributed by atoms with van der Waals surface area (Å²) in [6.07, 6.45) is 4.24. The fraction of sp³-hybridized carbons (Fsp3) is 0.500. The van der Waals surface area contributed by atoms with Crippen LogP contribution in [-0.4, -0.2) is 82.8 Å². The number of aryl methyl sites for hydroxylation is 1. The Balaban J connectivity index is 1.35. The van der Waals surface area contributed by atoms with Crippen molar-refractivity contribution in [3.8, 4) is 0 Å². The van der Waals surface area contributed by atoms with E-state index in [9.17, 15) is 14.0 Å². The number of carbonyl (C=O) groups excluding carboxylic acids is 2. The van der Waals surface area contributed by atoms with E-state index < -0.39 is 0 Å². The quantitative estimate of drug-likeness (QED) is 0.581. The molecule has 0 bridgehead atoms. The van der Waals surface area contributed by atoms with Crippen LogP contribution in [0.15, 0.2) is 47.7 Å². The van der Waals surface area contributed by atoms with Crippen LogP contribution >= 0.6 is 0 Å². The highest BCUT2D eigenvalue weighted by Crippen LogP contribution is 2.34. The molecule has 3 heterocycles.